The van der Waals surface area contributed by atoms with Crippen molar-refractivity contribution in [2.45, 2.75) is 50.3 Å². The minimum absolute atomic E-state index is 0.0366. The van der Waals surface area contributed by atoms with E-state index in [1.807, 2.05) is 43.0 Å². The number of amides is 1. The second kappa shape index (κ2) is 8.10. The van der Waals surface area contributed by atoms with Crippen molar-refractivity contribution in [1.82, 2.24) is 10.2 Å². The molecule has 2 heterocycles. The Hall–Kier alpha value is -2.87. The number of benzene rings is 2. The van der Waals surface area contributed by atoms with Crippen LogP contribution in [0.2, 0.25) is 0 Å². The number of carbonyl (C=O) groups excluding carboxylic acids is 1. The number of carbonyl (C=O) groups is 1. The maximum Gasteiger partial charge on any atom is 0.285 e. The molecular formula is C22H25N3O4S. The Balaban J connectivity index is 1.51. The van der Waals surface area contributed by atoms with Gasteiger partial charge < -0.3 is 15.0 Å². The first-order valence-electron chi connectivity index (χ1n) is 10.1. The van der Waals surface area contributed by atoms with E-state index < -0.39 is 16.1 Å². The topological polar surface area (TPSA) is 88.1 Å². The highest BCUT2D eigenvalue weighted by Gasteiger charge is 2.39. The van der Waals surface area contributed by atoms with Crippen molar-refractivity contribution < 1.29 is 17.9 Å². The zero-order valence-electron chi connectivity index (χ0n) is 17.0. The van der Waals surface area contributed by atoms with E-state index >= 15 is 0 Å². The van der Waals surface area contributed by atoms with E-state index in [0.29, 0.717) is 30.9 Å². The van der Waals surface area contributed by atoms with Gasteiger partial charge in [-0.15, -0.1) is 4.40 Å². The first-order valence-corrected chi connectivity index (χ1v) is 11.5. The molecule has 0 radical (unpaired) electrons. The highest BCUT2D eigenvalue weighted by Crippen LogP contribution is 2.31. The lowest BCUT2D eigenvalue weighted by molar-refractivity contribution is -0.124. The van der Waals surface area contributed by atoms with E-state index in [9.17, 15) is 13.2 Å². The fourth-order valence-corrected chi connectivity index (χ4v) is 5.12. The number of fused-ring (bicyclic) bond motifs is 1. The molecule has 2 aliphatic rings. The molecule has 30 heavy (non-hydrogen) atoms. The summed E-state index contributed by atoms with van der Waals surface area (Å²) in [5.41, 5.74) is 1.46. The summed E-state index contributed by atoms with van der Waals surface area (Å²) in [6, 6.07) is 13.9. The third-order valence-electron chi connectivity index (χ3n) is 5.23. The minimum Gasteiger partial charge on any atom is -0.491 e. The summed E-state index contributed by atoms with van der Waals surface area (Å²) in [7, 11) is -3.72. The number of para-hydroxylation sites is 1. The van der Waals surface area contributed by atoms with Crippen LogP contribution in [0.4, 0.5) is 0 Å². The van der Waals surface area contributed by atoms with Crippen LogP contribution in [0.1, 0.15) is 37.8 Å². The Morgan fingerprint density at radius 3 is 2.73 bits per heavy atom. The number of nitrogens with zero attached hydrogens (tertiary/aromatic N) is 2. The van der Waals surface area contributed by atoms with Crippen molar-refractivity contribution in [2.24, 2.45) is 4.40 Å². The molecule has 1 saturated heterocycles. The van der Waals surface area contributed by atoms with Gasteiger partial charge >= 0.3 is 0 Å². The third-order valence-corrected chi connectivity index (χ3v) is 6.55. The van der Waals surface area contributed by atoms with E-state index in [2.05, 4.69) is 9.71 Å². The van der Waals surface area contributed by atoms with E-state index in [1.165, 1.54) is 0 Å². The summed E-state index contributed by atoms with van der Waals surface area (Å²) < 4.78 is 34.6. The Bertz CT molecular complexity index is 1100. The molecule has 2 aliphatic heterocycles. The van der Waals surface area contributed by atoms with Gasteiger partial charge in [-0.05, 0) is 44.9 Å². The van der Waals surface area contributed by atoms with Crippen molar-refractivity contribution in [1.29, 1.82) is 0 Å². The monoisotopic (exact) mass is 427 g/mol. The first kappa shape index (κ1) is 20.4. The normalized spacial score (nSPS) is 19.5. The van der Waals surface area contributed by atoms with Crippen LogP contribution in [0.5, 0.6) is 5.75 Å². The van der Waals surface area contributed by atoms with Crippen LogP contribution < -0.4 is 10.1 Å². The molecule has 4 rings (SSSR count). The molecule has 0 aliphatic carbocycles. The predicted octanol–water partition coefficient (Wildman–Crippen LogP) is 2.70. The maximum absolute atomic E-state index is 13.0. The van der Waals surface area contributed by atoms with Gasteiger partial charge in [-0.25, -0.2) is 0 Å². The van der Waals surface area contributed by atoms with Crippen molar-refractivity contribution >= 4 is 21.8 Å². The summed E-state index contributed by atoms with van der Waals surface area (Å²) in [5.74, 6) is 0.972. The summed E-state index contributed by atoms with van der Waals surface area (Å²) in [6.45, 7) is 4.85. The number of rotatable bonds is 5. The molecule has 2 aromatic rings. The number of amidine groups is 1. The van der Waals surface area contributed by atoms with Crippen LogP contribution in [0.15, 0.2) is 57.8 Å². The van der Waals surface area contributed by atoms with E-state index in [4.69, 9.17) is 4.74 Å². The van der Waals surface area contributed by atoms with Crippen LogP contribution >= 0.6 is 0 Å². The predicted molar refractivity (Wildman–Crippen MR) is 114 cm³/mol. The largest absolute Gasteiger partial charge is 0.491 e. The number of ether oxygens (including phenoxy) is 1. The molecule has 158 valence electrons. The summed E-state index contributed by atoms with van der Waals surface area (Å²) in [6.07, 6.45) is 1.48. The lowest BCUT2D eigenvalue weighted by Crippen LogP contribution is -2.45. The Morgan fingerprint density at radius 2 is 1.93 bits per heavy atom. The van der Waals surface area contributed by atoms with Crippen molar-refractivity contribution in [3.8, 4) is 5.75 Å². The zero-order chi connectivity index (χ0) is 21.3. The van der Waals surface area contributed by atoms with Gasteiger partial charge in [0.05, 0.1) is 6.10 Å². The number of hydrogen-bond acceptors (Lipinski definition) is 5. The summed E-state index contributed by atoms with van der Waals surface area (Å²) in [5, 5.41) is 2.99. The molecule has 8 heteroatoms. The molecule has 7 nitrogen and oxygen atoms in total. The molecule has 0 bridgehead atoms. The number of hydrogen-bond donors (Lipinski definition) is 1. The molecule has 1 N–H and O–H groups in total. The van der Waals surface area contributed by atoms with Crippen LogP contribution in [0, 0.1) is 0 Å². The molecule has 0 saturated carbocycles. The second-order valence-electron chi connectivity index (χ2n) is 7.73. The maximum atomic E-state index is 13.0. The van der Waals surface area contributed by atoms with Crippen LogP contribution in [-0.4, -0.2) is 43.8 Å². The zero-order valence-corrected chi connectivity index (χ0v) is 17.9. The average Bonchev–Trinajstić information content (AvgIpc) is 3.30. The van der Waals surface area contributed by atoms with Gasteiger partial charge in [-0.3, -0.25) is 4.79 Å². The van der Waals surface area contributed by atoms with Gasteiger partial charge in [-0.2, -0.15) is 8.42 Å². The highest BCUT2D eigenvalue weighted by atomic mass is 32.2. The standard InChI is InChI=1S/C22H25N3O4S/c1-15(2)29-19-11-5-3-8-16(19)14-23-22(26)18-10-7-13-25(18)21-17-9-4-6-12-20(17)30(27,28)24-21/h3-6,8-9,11-12,15,18H,7,10,13-14H2,1-2H3,(H,23,26)/t18-/m0/s1. The third kappa shape index (κ3) is 3.92. The molecule has 1 atom stereocenters. The molecule has 0 spiro atoms. The van der Waals surface area contributed by atoms with Crippen molar-refractivity contribution in [2.75, 3.05) is 6.54 Å². The van der Waals surface area contributed by atoms with Crippen molar-refractivity contribution in [3.05, 3.63) is 59.7 Å². The number of nitrogens with one attached hydrogen (secondary N) is 1. The lowest BCUT2D eigenvalue weighted by Gasteiger charge is -2.25. The van der Waals surface area contributed by atoms with E-state index in [-0.39, 0.29) is 16.9 Å². The van der Waals surface area contributed by atoms with Crippen LogP contribution in [-0.2, 0) is 21.4 Å². The fourth-order valence-electron chi connectivity index (χ4n) is 3.91. The summed E-state index contributed by atoms with van der Waals surface area (Å²) in [4.78, 5) is 15.0. The van der Waals surface area contributed by atoms with E-state index in [0.717, 1.165) is 17.7 Å². The fraction of sp³-hybridized carbons (Fsp3) is 0.364. The molecule has 1 amide bonds. The van der Waals surface area contributed by atoms with Gasteiger partial charge in [-0.1, -0.05) is 30.3 Å². The number of sulfonamides is 1. The highest BCUT2D eigenvalue weighted by molar-refractivity contribution is 7.90. The Morgan fingerprint density at radius 1 is 1.20 bits per heavy atom. The molecule has 0 aromatic heterocycles. The van der Waals surface area contributed by atoms with Gasteiger partial charge in [0.15, 0.2) is 5.84 Å². The smallest absolute Gasteiger partial charge is 0.285 e. The number of likely N-dealkylation sites (tertiary alicyclic amines) is 1. The minimum atomic E-state index is -3.72. The van der Waals surface area contributed by atoms with Crippen LogP contribution in [0.25, 0.3) is 0 Å². The lowest BCUT2D eigenvalue weighted by atomic mass is 10.1. The SMILES string of the molecule is CC(C)Oc1ccccc1CNC(=O)[C@@H]1CCCN1C1=NS(=O)(=O)c2ccccc21. The molecule has 2 aromatic carbocycles. The second-order valence-corrected chi connectivity index (χ2v) is 9.30. The Labute approximate surface area is 176 Å². The molecular weight excluding hydrogens is 402 g/mol. The summed E-state index contributed by atoms with van der Waals surface area (Å²) >= 11 is 0. The van der Waals surface area contributed by atoms with E-state index in [1.54, 1.807) is 24.3 Å². The molecule has 1 fully saturated rings. The van der Waals surface area contributed by atoms with Gasteiger partial charge in [0.2, 0.25) is 5.91 Å². The van der Waals surface area contributed by atoms with Gasteiger partial charge in [0.1, 0.15) is 16.7 Å². The van der Waals surface area contributed by atoms with Crippen molar-refractivity contribution in [3.63, 3.8) is 0 Å². The van der Waals surface area contributed by atoms with Gasteiger partial charge in [0, 0.05) is 24.2 Å². The first-order chi connectivity index (χ1) is 14.4. The van der Waals surface area contributed by atoms with Crippen LogP contribution in [0.3, 0.4) is 0 Å². The quantitative estimate of drug-likeness (QED) is 0.793. The van der Waals surface area contributed by atoms with Gasteiger partial charge in [0.25, 0.3) is 10.0 Å². The Kier molecular flexibility index (Phi) is 5.51. The average molecular weight is 428 g/mol. The molecule has 0 unspecified atom stereocenters.